The molecule has 1 aliphatic heterocycles. The Morgan fingerprint density at radius 1 is 1.32 bits per heavy atom. The molecule has 1 fully saturated rings. The summed E-state index contributed by atoms with van der Waals surface area (Å²) < 4.78 is 0. The van der Waals surface area contributed by atoms with Crippen molar-refractivity contribution < 1.29 is 10.0 Å². The lowest BCUT2D eigenvalue weighted by Gasteiger charge is -2.33. The van der Waals surface area contributed by atoms with Gasteiger partial charge in [-0.15, -0.1) is 0 Å². The number of likely N-dealkylation sites (tertiary alicyclic amines) is 1. The van der Waals surface area contributed by atoms with Crippen LogP contribution in [0.4, 0.5) is 0 Å². The Morgan fingerprint density at radius 2 is 2.09 bits per heavy atom. The van der Waals surface area contributed by atoms with E-state index in [2.05, 4.69) is 22.9 Å². The Morgan fingerprint density at radius 3 is 2.73 bits per heavy atom. The first-order chi connectivity index (χ1) is 10.3. The quantitative estimate of drug-likeness (QED) is 0.820. The van der Waals surface area contributed by atoms with Crippen molar-refractivity contribution in [2.45, 2.75) is 58.6 Å². The zero-order chi connectivity index (χ0) is 16.2. The van der Waals surface area contributed by atoms with Gasteiger partial charge in [-0.3, -0.25) is 4.98 Å². The number of rotatable bonds is 2. The highest BCUT2D eigenvalue weighted by Crippen LogP contribution is 2.28. The summed E-state index contributed by atoms with van der Waals surface area (Å²) >= 11 is 0. The molecule has 2 N–H and O–H groups in total. The van der Waals surface area contributed by atoms with Crippen LogP contribution in [0.1, 0.15) is 58.6 Å². The number of quaternary nitrogens is 1. The molecule has 3 nitrogen and oxygen atoms in total. The zero-order valence-electron chi connectivity index (χ0n) is 14.3. The van der Waals surface area contributed by atoms with Crippen LogP contribution in [-0.2, 0) is 0 Å². The van der Waals surface area contributed by atoms with Crippen molar-refractivity contribution in [3.63, 3.8) is 0 Å². The molecule has 120 valence electrons. The number of hydrogen-bond acceptors (Lipinski definition) is 2. The van der Waals surface area contributed by atoms with Gasteiger partial charge in [0.05, 0.1) is 6.54 Å². The topological polar surface area (TPSA) is 37.6 Å². The third kappa shape index (κ3) is 4.09. The summed E-state index contributed by atoms with van der Waals surface area (Å²) in [5.41, 5.74) is 0.119. The smallest absolute Gasteiger partial charge is 0.139 e. The molecule has 0 bridgehead atoms. The molecule has 0 aliphatic carbocycles. The van der Waals surface area contributed by atoms with E-state index in [4.69, 9.17) is 0 Å². The Balaban J connectivity index is 2.08. The largest absolute Gasteiger partial charge is 0.377 e. The van der Waals surface area contributed by atoms with Crippen molar-refractivity contribution in [1.29, 1.82) is 0 Å². The molecule has 1 aromatic heterocycles. The minimum absolute atomic E-state index is 0.236. The third-order valence-electron chi connectivity index (χ3n) is 4.93. The van der Waals surface area contributed by atoms with Crippen molar-refractivity contribution in [1.82, 2.24) is 4.98 Å². The summed E-state index contributed by atoms with van der Waals surface area (Å²) in [6.45, 7) is 9.80. The third-order valence-corrected chi connectivity index (χ3v) is 4.93. The monoisotopic (exact) mass is 301 g/mol. The van der Waals surface area contributed by atoms with Gasteiger partial charge in [0.1, 0.15) is 18.2 Å². The molecule has 2 heterocycles. The van der Waals surface area contributed by atoms with Gasteiger partial charge in [-0.25, -0.2) is 0 Å². The highest BCUT2D eigenvalue weighted by molar-refractivity contribution is 5.17. The Hall–Kier alpha value is -1.37. The van der Waals surface area contributed by atoms with Gasteiger partial charge in [-0.05, 0) is 31.8 Å². The van der Waals surface area contributed by atoms with Gasteiger partial charge >= 0.3 is 0 Å². The first-order valence-electron chi connectivity index (χ1n) is 8.28. The van der Waals surface area contributed by atoms with Crippen molar-refractivity contribution in [3.05, 3.63) is 30.1 Å². The standard InChI is InChI=1S/C19H28N2O/c1-18(2,3)19(4,22)11-8-14-21-13-6-5-10-17(21)16-9-7-12-20-15-16/h7,9,12,15,17,22H,5-6,10,13-14H2,1-4H3/p+1/t17-,19+/m0/s1. The lowest BCUT2D eigenvalue weighted by atomic mass is 9.78. The maximum Gasteiger partial charge on any atom is 0.139 e. The lowest BCUT2D eigenvalue weighted by molar-refractivity contribution is -0.930. The van der Waals surface area contributed by atoms with Crippen LogP contribution in [-0.4, -0.2) is 28.8 Å². The van der Waals surface area contributed by atoms with Crippen LogP contribution in [0.15, 0.2) is 24.5 Å². The summed E-state index contributed by atoms with van der Waals surface area (Å²) in [5.74, 6) is 6.33. The number of aliphatic hydroxyl groups is 1. The average molecular weight is 301 g/mol. The second-order valence-corrected chi connectivity index (χ2v) is 7.54. The number of pyridine rings is 1. The summed E-state index contributed by atoms with van der Waals surface area (Å²) in [7, 11) is 0. The van der Waals surface area contributed by atoms with E-state index in [1.807, 2.05) is 46.2 Å². The number of nitrogens with zero attached hydrogens (tertiary/aromatic N) is 1. The molecule has 0 spiro atoms. The molecule has 1 saturated heterocycles. The fourth-order valence-electron chi connectivity index (χ4n) is 2.79. The maximum absolute atomic E-state index is 10.5. The number of nitrogens with one attached hydrogen (secondary N) is 1. The van der Waals surface area contributed by atoms with E-state index in [1.54, 1.807) is 0 Å². The molecule has 0 radical (unpaired) electrons. The summed E-state index contributed by atoms with van der Waals surface area (Å²) in [6, 6.07) is 4.66. The fraction of sp³-hybridized carbons (Fsp3) is 0.632. The SMILES string of the molecule is CC(C)(C)[C@](C)(O)C#CC[NH+]1CCCC[C@H]1c1cccnc1. The van der Waals surface area contributed by atoms with Gasteiger partial charge in [-0.1, -0.05) is 32.8 Å². The highest BCUT2D eigenvalue weighted by atomic mass is 16.3. The molecular weight excluding hydrogens is 272 g/mol. The number of aromatic nitrogens is 1. The van der Waals surface area contributed by atoms with Gasteiger partial charge in [0.2, 0.25) is 0 Å². The van der Waals surface area contributed by atoms with Crippen molar-refractivity contribution in [2.24, 2.45) is 5.41 Å². The number of piperidine rings is 1. The minimum Gasteiger partial charge on any atom is -0.377 e. The second-order valence-electron chi connectivity index (χ2n) is 7.54. The minimum atomic E-state index is -0.952. The predicted molar refractivity (Wildman–Crippen MR) is 89.4 cm³/mol. The first-order valence-corrected chi connectivity index (χ1v) is 8.28. The van der Waals surface area contributed by atoms with E-state index in [1.165, 1.54) is 29.7 Å². The zero-order valence-corrected chi connectivity index (χ0v) is 14.3. The van der Waals surface area contributed by atoms with E-state index in [9.17, 15) is 5.11 Å². The van der Waals surface area contributed by atoms with Gasteiger partial charge in [0.15, 0.2) is 0 Å². The van der Waals surface area contributed by atoms with Gasteiger partial charge in [0, 0.05) is 29.8 Å². The average Bonchev–Trinajstić information content (AvgIpc) is 2.47. The van der Waals surface area contributed by atoms with Crippen LogP contribution in [0, 0.1) is 17.3 Å². The molecule has 22 heavy (non-hydrogen) atoms. The normalized spacial score (nSPS) is 25.0. The van der Waals surface area contributed by atoms with Crippen molar-refractivity contribution in [3.8, 4) is 11.8 Å². The molecular formula is C19H29N2O+. The molecule has 0 saturated carbocycles. The van der Waals surface area contributed by atoms with Crippen molar-refractivity contribution in [2.75, 3.05) is 13.1 Å². The molecule has 0 aromatic carbocycles. The fourth-order valence-corrected chi connectivity index (χ4v) is 2.79. The maximum atomic E-state index is 10.5. The molecule has 1 unspecified atom stereocenters. The lowest BCUT2D eigenvalue weighted by Crippen LogP contribution is -3.13. The molecule has 3 atom stereocenters. The molecule has 0 amide bonds. The van der Waals surface area contributed by atoms with Gasteiger partial charge in [0.25, 0.3) is 0 Å². The summed E-state index contributed by atoms with van der Waals surface area (Å²) in [6.07, 6.45) is 7.53. The first kappa shape index (κ1) is 17.0. The van der Waals surface area contributed by atoms with Crippen LogP contribution in [0.3, 0.4) is 0 Å². The van der Waals surface area contributed by atoms with E-state index >= 15 is 0 Å². The summed E-state index contributed by atoms with van der Waals surface area (Å²) in [5, 5.41) is 10.5. The highest BCUT2D eigenvalue weighted by Gasteiger charge is 2.33. The van der Waals surface area contributed by atoms with Crippen LogP contribution >= 0.6 is 0 Å². The summed E-state index contributed by atoms with van der Waals surface area (Å²) in [4.78, 5) is 5.75. The van der Waals surface area contributed by atoms with Crippen LogP contribution in [0.5, 0.6) is 0 Å². The second kappa shape index (κ2) is 6.81. The van der Waals surface area contributed by atoms with E-state index in [0.29, 0.717) is 6.04 Å². The van der Waals surface area contributed by atoms with Gasteiger partial charge in [-0.2, -0.15) is 0 Å². The van der Waals surface area contributed by atoms with Gasteiger partial charge < -0.3 is 10.0 Å². The Bertz CT molecular complexity index is 534. The van der Waals surface area contributed by atoms with E-state index in [0.717, 1.165) is 13.1 Å². The number of hydrogen-bond donors (Lipinski definition) is 2. The molecule has 1 aliphatic rings. The predicted octanol–water partition coefficient (Wildman–Crippen LogP) is 1.99. The molecule has 1 aromatic rings. The Labute approximate surface area is 134 Å². The molecule has 3 heteroatoms. The van der Waals surface area contributed by atoms with E-state index in [-0.39, 0.29) is 5.41 Å². The molecule has 2 rings (SSSR count). The van der Waals surface area contributed by atoms with Crippen molar-refractivity contribution >= 4 is 0 Å². The Kier molecular flexibility index (Phi) is 5.26. The van der Waals surface area contributed by atoms with Crippen LogP contribution in [0.2, 0.25) is 0 Å². The van der Waals surface area contributed by atoms with E-state index < -0.39 is 5.60 Å². The van der Waals surface area contributed by atoms with Crippen LogP contribution < -0.4 is 4.90 Å². The van der Waals surface area contributed by atoms with Crippen LogP contribution in [0.25, 0.3) is 0 Å².